The molecule has 0 aromatic heterocycles. The molecule has 0 radical (unpaired) electrons. The van der Waals surface area contributed by atoms with Gasteiger partial charge in [0.1, 0.15) is 5.37 Å². The monoisotopic (exact) mass is 405 g/mol. The average Bonchev–Trinajstić information content (AvgIpc) is 2.89. The van der Waals surface area contributed by atoms with Crippen LogP contribution in [0.2, 0.25) is 0 Å². The van der Waals surface area contributed by atoms with Gasteiger partial charge in [-0.05, 0) is 44.2 Å². The van der Waals surface area contributed by atoms with Gasteiger partial charge < -0.3 is 15.1 Å². The number of hydrogen-bond donors (Lipinski definition) is 1. The number of carbonyl (C=O) groups is 2. The van der Waals surface area contributed by atoms with Gasteiger partial charge in [0.15, 0.2) is 0 Å². The van der Waals surface area contributed by atoms with Crippen molar-refractivity contribution in [1.29, 1.82) is 0 Å². The van der Waals surface area contributed by atoms with E-state index in [1.165, 1.54) is 5.56 Å². The van der Waals surface area contributed by atoms with Crippen LogP contribution in [0.3, 0.4) is 0 Å². The third kappa shape index (κ3) is 5.22. The van der Waals surface area contributed by atoms with E-state index in [0.717, 1.165) is 5.56 Å². The molecule has 0 saturated carbocycles. The second kappa shape index (κ2) is 9.21. The number of hydrogen-bond acceptors (Lipinski definition) is 3. The predicted octanol–water partition coefficient (Wildman–Crippen LogP) is 4.39. The van der Waals surface area contributed by atoms with E-state index in [1.54, 1.807) is 16.7 Å². The number of amides is 3. The van der Waals surface area contributed by atoms with Crippen molar-refractivity contribution in [3.05, 3.63) is 35.4 Å². The standard InChI is InChI=1S/C22H35N3O2S/c1-8-23-21(27)24(15(2)3)13-14-25-19(26)16(4)28-20(25)17-9-11-18(12-10-17)22(5,6)7/h9-12,15-16,20H,8,13-14H2,1-7H3,(H,23,27). The zero-order chi connectivity index (χ0) is 21.1. The second-order valence-corrected chi connectivity index (χ2v) is 10.1. The molecule has 2 atom stereocenters. The van der Waals surface area contributed by atoms with E-state index in [1.807, 2.05) is 32.6 Å². The highest BCUT2D eigenvalue weighted by Gasteiger charge is 2.38. The lowest BCUT2D eigenvalue weighted by Crippen LogP contribution is -2.48. The Labute approximate surface area is 174 Å². The number of rotatable bonds is 6. The Morgan fingerprint density at radius 3 is 2.36 bits per heavy atom. The Morgan fingerprint density at radius 2 is 1.86 bits per heavy atom. The molecule has 1 saturated heterocycles. The molecular weight excluding hydrogens is 370 g/mol. The van der Waals surface area contributed by atoms with Gasteiger partial charge >= 0.3 is 6.03 Å². The molecule has 28 heavy (non-hydrogen) atoms. The van der Waals surface area contributed by atoms with Gasteiger partial charge in [-0.15, -0.1) is 11.8 Å². The average molecular weight is 406 g/mol. The van der Waals surface area contributed by atoms with Crippen LogP contribution in [-0.2, 0) is 10.2 Å². The topological polar surface area (TPSA) is 52.7 Å². The van der Waals surface area contributed by atoms with Crippen molar-refractivity contribution in [1.82, 2.24) is 15.1 Å². The van der Waals surface area contributed by atoms with E-state index >= 15 is 0 Å². The number of carbonyl (C=O) groups excluding carboxylic acids is 2. The molecular formula is C22H35N3O2S. The highest BCUT2D eigenvalue weighted by molar-refractivity contribution is 8.01. The van der Waals surface area contributed by atoms with Crippen molar-refractivity contribution in [2.75, 3.05) is 19.6 Å². The SMILES string of the molecule is CCNC(=O)N(CCN1C(=O)C(C)SC1c1ccc(C(C)(C)C)cc1)C(C)C. The van der Waals surface area contributed by atoms with E-state index in [4.69, 9.17) is 0 Å². The highest BCUT2D eigenvalue weighted by atomic mass is 32.2. The Morgan fingerprint density at radius 1 is 1.25 bits per heavy atom. The zero-order valence-electron chi connectivity index (χ0n) is 18.3. The number of urea groups is 1. The molecule has 2 unspecified atom stereocenters. The maximum Gasteiger partial charge on any atom is 0.317 e. The minimum absolute atomic E-state index is 0.000216. The molecule has 2 rings (SSSR count). The lowest BCUT2D eigenvalue weighted by Gasteiger charge is -2.31. The van der Waals surface area contributed by atoms with E-state index in [9.17, 15) is 9.59 Å². The fraction of sp³-hybridized carbons (Fsp3) is 0.636. The molecule has 1 N–H and O–H groups in total. The molecule has 1 fully saturated rings. The van der Waals surface area contributed by atoms with Crippen LogP contribution in [0.4, 0.5) is 4.79 Å². The van der Waals surface area contributed by atoms with E-state index in [-0.39, 0.29) is 34.0 Å². The molecule has 3 amide bonds. The smallest absolute Gasteiger partial charge is 0.317 e. The van der Waals surface area contributed by atoms with Crippen molar-refractivity contribution in [2.45, 2.75) is 70.5 Å². The summed E-state index contributed by atoms with van der Waals surface area (Å²) in [4.78, 5) is 28.8. The van der Waals surface area contributed by atoms with Gasteiger partial charge in [0.25, 0.3) is 0 Å². The minimum atomic E-state index is -0.0732. The zero-order valence-corrected chi connectivity index (χ0v) is 19.1. The van der Waals surface area contributed by atoms with Crippen molar-refractivity contribution in [2.24, 2.45) is 0 Å². The van der Waals surface area contributed by atoms with Gasteiger partial charge in [0.05, 0.1) is 5.25 Å². The third-order valence-electron chi connectivity index (χ3n) is 5.10. The quantitative estimate of drug-likeness (QED) is 0.764. The predicted molar refractivity (Wildman–Crippen MR) is 118 cm³/mol. The number of nitrogens with one attached hydrogen (secondary N) is 1. The van der Waals surface area contributed by atoms with Gasteiger partial charge in [0, 0.05) is 25.7 Å². The van der Waals surface area contributed by atoms with Crippen LogP contribution in [0.1, 0.15) is 65.0 Å². The summed E-state index contributed by atoms with van der Waals surface area (Å²) in [6.07, 6.45) is 0. The maximum absolute atomic E-state index is 12.8. The van der Waals surface area contributed by atoms with Crippen LogP contribution in [0.25, 0.3) is 0 Å². The maximum atomic E-state index is 12.8. The number of nitrogens with zero attached hydrogens (tertiary/aromatic N) is 2. The molecule has 1 aromatic carbocycles. The lowest BCUT2D eigenvalue weighted by atomic mass is 9.86. The fourth-order valence-electron chi connectivity index (χ4n) is 3.37. The lowest BCUT2D eigenvalue weighted by molar-refractivity contribution is -0.130. The summed E-state index contributed by atoms with van der Waals surface area (Å²) < 4.78 is 0. The van der Waals surface area contributed by atoms with Crippen molar-refractivity contribution in [3.8, 4) is 0 Å². The van der Waals surface area contributed by atoms with Gasteiger partial charge in [-0.3, -0.25) is 4.79 Å². The van der Waals surface area contributed by atoms with Crippen LogP contribution in [0.15, 0.2) is 24.3 Å². The summed E-state index contributed by atoms with van der Waals surface area (Å²) in [7, 11) is 0. The Balaban J connectivity index is 2.16. The van der Waals surface area contributed by atoms with Gasteiger partial charge in [-0.2, -0.15) is 0 Å². The summed E-state index contributed by atoms with van der Waals surface area (Å²) in [5.41, 5.74) is 2.53. The summed E-state index contributed by atoms with van der Waals surface area (Å²) in [6.45, 7) is 16.1. The molecule has 0 bridgehead atoms. The van der Waals surface area contributed by atoms with Crippen molar-refractivity contribution in [3.63, 3.8) is 0 Å². The number of benzene rings is 1. The molecule has 6 heteroatoms. The van der Waals surface area contributed by atoms with Crippen LogP contribution in [0, 0.1) is 0 Å². The van der Waals surface area contributed by atoms with Gasteiger partial charge in [-0.1, -0.05) is 45.0 Å². The summed E-state index contributed by atoms with van der Waals surface area (Å²) in [6, 6.07) is 8.61. The largest absolute Gasteiger partial charge is 0.338 e. The van der Waals surface area contributed by atoms with Crippen LogP contribution >= 0.6 is 11.8 Å². The fourth-order valence-corrected chi connectivity index (χ4v) is 4.68. The first-order valence-electron chi connectivity index (χ1n) is 10.2. The molecule has 1 heterocycles. The molecule has 1 aliphatic heterocycles. The second-order valence-electron chi connectivity index (χ2n) is 8.66. The Kier molecular flexibility index (Phi) is 7.43. The molecule has 5 nitrogen and oxygen atoms in total. The van der Waals surface area contributed by atoms with Gasteiger partial charge in [-0.25, -0.2) is 4.79 Å². The Hall–Kier alpha value is -1.69. The van der Waals surface area contributed by atoms with Crippen LogP contribution < -0.4 is 5.32 Å². The normalized spacial score (nSPS) is 20.0. The first-order chi connectivity index (χ1) is 13.1. The summed E-state index contributed by atoms with van der Waals surface area (Å²) in [5, 5.41) is 2.80. The van der Waals surface area contributed by atoms with Crippen molar-refractivity contribution >= 4 is 23.7 Å². The van der Waals surface area contributed by atoms with Crippen LogP contribution in [0.5, 0.6) is 0 Å². The molecule has 156 valence electrons. The molecule has 1 aromatic rings. The van der Waals surface area contributed by atoms with E-state index < -0.39 is 0 Å². The number of thioether (sulfide) groups is 1. The van der Waals surface area contributed by atoms with E-state index in [2.05, 4.69) is 50.4 Å². The molecule has 0 aliphatic carbocycles. The molecule has 1 aliphatic rings. The van der Waals surface area contributed by atoms with E-state index in [0.29, 0.717) is 19.6 Å². The third-order valence-corrected chi connectivity index (χ3v) is 6.50. The summed E-state index contributed by atoms with van der Waals surface area (Å²) >= 11 is 1.68. The molecule has 0 spiro atoms. The first kappa shape index (κ1) is 22.6. The first-order valence-corrected chi connectivity index (χ1v) is 11.1. The van der Waals surface area contributed by atoms with Crippen LogP contribution in [-0.4, -0.2) is 52.7 Å². The summed E-state index contributed by atoms with van der Waals surface area (Å²) in [5.74, 6) is 0.148. The Bertz CT molecular complexity index is 682. The highest BCUT2D eigenvalue weighted by Crippen LogP contribution is 2.43. The van der Waals surface area contributed by atoms with Crippen molar-refractivity contribution < 1.29 is 9.59 Å². The minimum Gasteiger partial charge on any atom is -0.338 e. The van der Waals surface area contributed by atoms with Gasteiger partial charge in [0.2, 0.25) is 5.91 Å².